The number of esters is 1. The molecule has 0 aliphatic carbocycles. The van der Waals surface area contributed by atoms with Crippen LogP contribution < -0.4 is 5.32 Å². The molecule has 0 aromatic carbocycles. The van der Waals surface area contributed by atoms with Crippen LogP contribution in [0, 0.1) is 5.41 Å². The number of rotatable bonds is 5. The van der Waals surface area contributed by atoms with Gasteiger partial charge in [0.25, 0.3) is 0 Å². The second kappa shape index (κ2) is 4.47. The van der Waals surface area contributed by atoms with Crippen LogP contribution in [0.1, 0.15) is 13.8 Å². The summed E-state index contributed by atoms with van der Waals surface area (Å²) in [6, 6.07) is 0. The maximum absolute atomic E-state index is 11.1. The van der Waals surface area contributed by atoms with E-state index in [0.29, 0.717) is 0 Å². The molecule has 0 saturated carbocycles. The standard InChI is InChI=1S/C10H19NO4/c1-9(6-15-7-9)4-11-5-10(2,13)8(12)14-3/h11,13H,4-7H2,1-3H3. The lowest BCUT2D eigenvalue weighted by molar-refractivity contribution is -0.160. The van der Waals surface area contributed by atoms with Crippen molar-refractivity contribution in [2.45, 2.75) is 19.4 Å². The molecule has 0 amide bonds. The van der Waals surface area contributed by atoms with Gasteiger partial charge < -0.3 is 19.9 Å². The summed E-state index contributed by atoms with van der Waals surface area (Å²) in [6.45, 7) is 5.89. The van der Waals surface area contributed by atoms with Gasteiger partial charge in [-0.25, -0.2) is 4.79 Å². The van der Waals surface area contributed by atoms with Crippen molar-refractivity contribution in [1.82, 2.24) is 5.32 Å². The fraction of sp³-hybridized carbons (Fsp3) is 0.900. The van der Waals surface area contributed by atoms with Gasteiger partial charge in [0.05, 0.1) is 20.3 Å². The van der Waals surface area contributed by atoms with Crippen molar-refractivity contribution in [1.29, 1.82) is 0 Å². The molecule has 1 unspecified atom stereocenters. The van der Waals surface area contributed by atoms with Crippen LogP contribution >= 0.6 is 0 Å². The summed E-state index contributed by atoms with van der Waals surface area (Å²) in [7, 11) is 1.26. The van der Waals surface area contributed by atoms with Crippen LogP contribution in [0.3, 0.4) is 0 Å². The second-order valence-electron chi connectivity index (χ2n) is 4.67. The summed E-state index contributed by atoms with van der Waals surface area (Å²) in [5.74, 6) is -0.620. The van der Waals surface area contributed by atoms with Gasteiger partial charge in [0, 0.05) is 18.5 Å². The largest absolute Gasteiger partial charge is 0.467 e. The fourth-order valence-electron chi connectivity index (χ4n) is 1.45. The van der Waals surface area contributed by atoms with Crippen LogP contribution in [-0.4, -0.2) is 50.1 Å². The molecular formula is C10H19NO4. The number of ether oxygens (including phenoxy) is 2. The number of hydrogen-bond acceptors (Lipinski definition) is 5. The van der Waals surface area contributed by atoms with E-state index >= 15 is 0 Å². The number of methoxy groups -OCH3 is 1. The SMILES string of the molecule is COC(=O)C(C)(O)CNCC1(C)COC1. The lowest BCUT2D eigenvalue weighted by atomic mass is 9.88. The summed E-state index contributed by atoms with van der Waals surface area (Å²) in [5, 5.41) is 12.8. The fourth-order valence-corrected chi connectivity index (χ4v) is 1.45. The Morgan fingerprint density at radius 3 is 2.67 bits per heavy atom. The zero-order valence-corrected chi connectivity index (χ0v) is 9.50. The summed E-state index contributed by atoms with van der Waals surface area (Å²) >= 11 is 0. The van der Waals surface area contributed by atoms with Crippen LogP contribution in [0.25, 0.3) is 0 Å². The van der Waals surface area contributed by atoms with Crippen LogP contribution in [-0.2, 0) is 14.3 Å². The average Bonchev–Trinajstić information content (AvgIpc) is 2.13. The average molecular weight is 217 g/mol. The molecule has 5 heteroatoms. The summed E-state index contributed by atoms with van der Waals surface area (Å²) in [4.78, 5) is 11.1. The van der Waals surface area contributed by atoms with Crippen molar-refractivity contribution >= 4 is 5.97 Å². The van der Waals surface area contributed by atoms with Gasteiger partial charge in [-0.15, -0.1) is 0 Å². The van der Waals surface area contributed by atoms with E-state index in [2.05, 4.69) is 17.0 Å². The van der Waals surface area contributed by atoms with Gasteiger partial charge in [-0.2, -0.15) is 0 Å². The minimum Gasteiger partial charge on any atom is -0.467 e. The molecule has 0 spiro atoms. The molecule has 0 aromatic heterocycles. The quantitative estimate of drug-likeness (QED) is 0.610. The van der Waals surface area contributed by atoms with Gasteiger partial charge in [0.2, 0.25) is 0 Å². The molecule has 1 aliphatic rings. The highest BCUT2D eigenvalue weighted by atomic mass is 16.5. The molecule has 88 valence electrons. The van der Waals surface area contributed by atoms with E-state index in [9.17, 15) is 9.90 Å². The summed E-state index contributed by atoms with van der Waals surface area (Å²) in [5.41, 5.74) is -1.33. The highest BCUT2D eigenvalue weighted by Gasteiger charge is 2.35. The van der Waals surface area contributed by atoms with E-state index in [-0.39, 0.29) is 12.0 Å². The van der Waals surface area contributed by atoms with Crippen molar-refractivity contribution in [2.24, 2.45) is 5.41 Å². The Morgan fingerprint density at radius 1 is 1.67 bits per heavy atom. The molecule has 1 aliphatic heterocycles. The molecule has 1 rings (SSSR count). The molecule has 1 saturated heterocycles. The molecule has 2 N–H and O–H groups in total. The van der Waals surface area contributed by atoms with E-state index < -0.39 is 11.6 Å². The zero-order valence-electron chi connectivity index (χ0n) is 9.50. The molecule has 1 atom stereocenters. The van der Waals surface area contributed by atoms with Crippen molar-refractivity contribution in [2.75, 3.05) is 33.4 Å². The molecular weight excluding hydrogens is 198 g/mol. The zero-order chi connectivity index (χ0) is 11.5. The van der Waals surface area contributed by atoms with Crippen molar-refractivity contribution in [3.05, 3.63) is 0 Å². The Balaban J connectivity index is 2.26. The van der Waals surface area contributed by atoms with Crippen molar-refractivity contribution in [3.63, 3.8) is 0 Å². The number of carbonyl (C=O) groups excluding carboxylic acids is 1. The first-order valence-corrected chi connectivity index (χ1v) is 4.99. The van der Waals surface area contributed by atoms with Crippen molar-refractivity contribution < 1.29 is 19.4 Å². The first-order chi connectivity index (χ1) is 6.90. The number of nitrogens with one attached hydrogen (secondary N) is 1. The Hall–Kier alpha value is -0.650. The number of carbonyl (C=O) groups is 1. The van der Waals surface area contributed by atoms with Gasteiger partial charge in [-0.05, 0) is 6.92 Å². The normalized spacial score (nSPS) is 22.7. The van der Waals surface area contributed by atoms with Crippen molar-refractivity contribution in [3.8, 4) is 0 Å². The molecule has 1 fully saturated rings. The third-order valence-corrected chi connectivity index (χ3v) is 2.55. The van der Waals surface area contributed by atoms with E-state index in [4.69, 9.17) is 4.74 Å². The van der Waals surface area contributed by atoms with Crippen LogP contribution in [0.5, 0.6) is 0 Å². The third kappa shape index (κ3) is 3.15. The van der Waals surface area contributed by atoms with Gasteiger partial charge in [-0.3, -0.25) is 0 Å². The Kier molecular flexibility index (Phi) is 3.70. The lowest BCUT2D eigenvalue weighted by Gasteiger charge is -2.38. The molecule has 0 bridgehead atoms. The number of aliphatic hydroxyl groups is 1. The smallest absolute Gasteiger partial charge is 0.338 e. The maximum Gasteiger partial charge on any atom is 0.338 e. The van der Waals surface area contributed by atoms with E-state index in [1.807, 2.05) is 0 Å². The molecule has 0 radical (unpaired) electrons. The predicted molar refractivity (Wildman–Crippen MR) is 54.4 cm³/mol. The Bertz CT molecular complexity index is 236. The summed E-state index contributed by atoms with van der Waals surface area (Å²) < 4.78 is 9.58. The maximum atomic E-state index is 11.1. The van der Waals surface area contributed by atoms with E-state index in [0.717, 1.165) is 19.8 Å². The second-order valence-corrected chi connectivity index (χ2v) is 4.67. The third-order valence-electron chi connectivity index (χ3n) is 2.55. The predicted octanol–water partition coefficient (Wildman–Crippen LogP) is -0.463. The molecule has 15 heavy (non-hydrogen) atoms. The lowest BCUT2D eigenvalue weighted by Crippen LogP contribution is -2.52. The topological polar surface area (TPSA) is 67.8 Å². The molecule has 1 heterocycles. The Morgan fingerprint density at radius 2 is 2.27 bits per heavy atom. The number of hydrogen-bond donors (Lipinski definition) is 2. The monoisotopic (exact) mass is 217 g/mol. The van der Waals surface area contributed by atoms with Crippen LogP contribution in [0.2, 0.25) is 0 Å². The van der Waals surface area contributed by atoms with Gasteiger partial charge in [0.15, 0.2) is 5.60 Å². The minimum absolute atomic E-state index is 0.131. The molecule has 0 aromatic rings. The molecule has 5 nitrogen and oxygen atoms in total. The van der Waals surface area contributed by atoms with E-state index in [1.165, 1.54) is 14.0 Å². The van der Waals surface area contributed by atoms with Crippen LogP contribution in [0.4, 0.5) is 0 Å². The van der Waals surface area contributed by atoms with Gasteiger partial charge in [0.1, 0.15) is 0 Å². The van der Waals surface area contributed by atoms with Gasteiger partial charge in [-0.1, -0.05) is 6.92 Å². The first-order valence-electron chi connectivity index (χ1n) is 4.99. The highest BCUT2D eigenvalue weighted by Crippen LogP contribution is 2.25. The van der Waals surface area contributed by atoms with Crippen LogP contribution in [0.15, 0.2) is 0 Å². The Labute approximate surface area is 89.8 Å². The van der Waals surface area contributed by atoms with Gasteiger partial charge >= 0.3 is 5.97 Å². The van der Waals surface area contributed by atoms with E-state index in [1.54, 1.807) is 0 Å². The minimum atomic E-state index is -1.46. The summed E-state index contributed by atoms with van der Waals surface area (Å²) in [6.07, 6.45) is 0. The first kappa shape index (κ1) is 12.4. The highest BCUT2D eigenvalue weighted by molar-refractivity contribution is 5.78.